The highest BCUT2D eigenvalue weighted by atomic mass is 32.2. The summed E-state index contributed by atoms with van der Waals surface area (Å²) in [7, 11) is -9.64. The molecule has 9 heteroatoms. The van der Waals surface area contributed by atoms with E-state index in [9.17, 15) is 25.9 Å². The van der Waals surface area contributed by atoms with Gasteiger partial charge in [-0.15, -0.1) is 0 Å². The summed E-state index contributed by atoms with van der Waals surface area (Å²) in [6, 6.07) is 10.4. The lowest BCUT2D eigenvalue weighted by molar-refractivity contribution is 0.428. The Morgan fingerprint density at radius 3 is 1.57 bits per heavy atom. The van der Waals surface area contributed by atoms with E-state index >= 15 is 0 Å². The fourth-order valence-electron chi connectivity index (χ4n) is 4.48. The number of aryl methyl sites for hydroxylation is 1. The summed E-state index contributed by atoms with van der Waals surface area (Å²) in [4.78, 5) is -1.34. The van der Waals surface area contributed by atoms with Crippen molar-refractivity contribution in [3.05, 3.63) is 48.0 Å². The van der Waals surface area contributed by atoms with Gasteiger partial charge in [-0.2, -0.15) is 16.8 Å². The van der Waals surface area contributed by atoms with Crippen LogP contribution in [0, 0.1) is 0 Å². The molecule has 0 aliphatic carbocycles. The van der Waals surface area contributed by atoms with Gasteiger partial charge in [0.15, 0.2) is 5.75 Å². The molecule has 2 N–H and O–H groups in total. The second-order valence-electron chi connectivity index (χ2n) is 9.59. The third kappa shape index (κ3) is 11.5. The first-order valence-corrected chi connectivity index (χ1v) is 16.4. The minimum Gasteiger partial charge on any atom is -0.454 e. The topological polar surface area (TPSA) is 118 Å². The Balaban J connectivity index is 1.90. The van der Waals surface area contributed by atoms with Crippen molar-refractivity contribution in [1.29, 1.82) is 0 Å². The average molecular weight is 555 g/mol. The Morgan fingerprint density at radius 1 is 0.622 bits per heavy atom. The van der Waals surface area contributed by atoms with Gasteiger partial charge in [-0.05, 0) is 36.6 Å². The van der Waals surface area contributed by atoms with Gasteiger partial charge in [0.2, 0.25) is 0 Å². The molecule has 0 aromatic heterocycles. The molecule has 208 valence electrons. The molecule has 0 saturated heterocycles. The van der Waals surface area contributed by atoms with E-state index in [2.05, 4.69) is 6.92 Å². The van der Waals surface area contributed by atoms with Gasteiger partial charge in [0.05, 0.1) is 0 Å². The van der Waals surface area contributed by atoms with Gasteiger partial charge >= 0.3 is 0 Å². The molecular formula is C28H42O7S2. The van der Waals surface area contributed by atoms with Crippen LogP contribution in [-0.2, 0) is 26.7 Å². The van der Waals surface area contributed by atoms with Crippen LogP contribution >= 0.6 is 0 Å². The maximum Gasteiger partial charge on any atom is 0.298 e. The average Bonchev–Trinajstić information content (AvgIpc) is 2.83. The van der Waals surface area contributed by atoms with Crippen molar-refractivity contribution < 1.29 is 30.7 Å². The summed E-state index contributed by atoms with van der Waals surface area (Å²) in [6.07, 6.45) is 17.0. The SMILES string of the molecule is CCCCCCCCCCCCCCCCc1ccc(S(=O)(=O)O)c(Oc2ccccc2)c1S(=O)(=O)O. The molecule has 2 rings (SSSR count). The first kappa shape index (κ1) is 31.3. The van der Waals surface area contributed by atoms with Crippen molar-refractivity contribution in [2.24, 2.45) is 0 Å². The molecule has 0 saturated carbocycles. The predicted molar refractivity (Wildman–Crippen MR) is 147 cm³/mol. The van der Waals surface area contributed by atoms with E-state index in [1.165, 1.54) is 82.4 Å². The second kappa shape index (κ2) is 16.1. The molecule has 0 atom stereocenters. The van der Waals surface area contributed by atoms with Crippen LogP contribution in [0.5, 0.6) is 11.5 Å². The number of hydrogen-bond donors (Lipinski definition) is 2. The van der Waals surface area contributed by atoms with E-state index in [-0.39, 0.29) is 11.3 Å². The van der Waals surface area contributed by atoms with E-state index in [1.54, 1.807) is 18.2 Å². The molecule has 0 fully saturated rings. The third-order valence-corrected chi connectivity index (χ3v) is 8.30. The minimum atomic E-state index is -4.84. The van der Waals surface area contributed by atoms with E-state index in [4.69, 9.17) is 4.74 Å². The van der Waals surface area contributed by atoms with Crippen LogP contribution in [0.2, 0.25) is 0 Å². The molecule has 2 aromatic rings. The van der Waals surface area contributed by atoms with E-state index in [0.29, 0.717) is 12.8 Å². The zero-order chi connectivity index (χ0) is 27.2. The Kier molecular flexibility index (Phi) is 13.6. The Morgan fingerprint density at radius 2 is 1.11 bits per heavy atom. The van der Waals surface area contributed by atoms with Crippen molar-refractivity contribution in [3.63, 3.8) is 0 Å². The molecular weight excluding hydrogens is 512 g/mol. The van der Waals surface area contributed by atoms with Crippen LogP contribution in [-0.4, -0.2) is 25.9 Å². The molecule has 0 aliphatic heterocycles. The molecule has 7 nitrogen and oxygen atoms in total. The zero-order valence-electron chi connectivity index (χ0n) is 21.9. The number of unbranched alkanes of at least 4 members (excludes halogenated alkanes) is 13. The van der Waals surface area contributed by atoms with Gasteiger partial charge in [-0.3, -0.25) is 9.11 Å². The number of benzene rings is 2. The molecule has 37 heavy (non-hydrogen) atoms. The molecule has 0 aliphatic rings. The van der Waals surface area contributed by atoms with Gasteiger partial charge in [0.1, 0.15) is 15.5 Å². The van der Waals surface area contributed by atoms with Gasteiger partial charge in [-0.25, -0.2) is 0 Å². The lowest BCUT2D eigenvalue weighted by Gasteiger charge is -2.16. The number of rotatable bonds is 19. The van der Waals surface area contributed by atoms with Crippen LogP contribution in [0.3, 0.4) is 0 Å². The summed E-state index contributed by atoms with van der Waals surface area (Å²) >= 11 is 0. The molecule has 0 spiro atoms. The summed E-state index contributed by atoms with van der Waals surface area (Å²) in [5.74, 6) is -0.426. The summed E-state index contributed by atoms with van der Waals surface area (Å²) in [6.45, 7) is 2.23. The Hall–Kier alpha value is -1.94. The first-order chi connectivity index (χ1) is 17.6. The van der Waals surface area contributed by atoms with Crippen molar-refractivity contribution in [2.45, 2.75) is 113 Å². The highest BCUT2D eigenvalue weighted by Crippen LogP contribution is 2.38. The van der Waals surface area contributed by atoms with Crippen molar-refractivity contribution in [2.75, 3.05) is 0 Å². The largest absolute Gasteiger partial charge is 0.454 e. The van der Waals surface area contributed by atoms with Gasteiger partial charge < -0.3 is 4.74 Å². The Labute approximate surface area is 223 Å². The lowest BCUT2D eigenvalue weighted by Crippen LogP contribution is -2.10. The molecule has 0 unspecified atom stereocenters. The normalized spacial score (nSPS) is 12.1. The molecule has 0 amide bonds. The summed E-state index contributed by atoms with van der Waals surface area (Å²) in [5.41, 5.74) is 0.250. The molecule has 0 heterocycles. The quantitative estimate of drug-likeness (QED) is 0.133. The van der Waals surface area contributed by atoms with E-state index < -0.39 is 35.8 Å². The third-order valence-electron chi connectivity index (χ3n) is 6.46. The number of hydrogen-bond acceptors (Lipinski definition) is 5. The standard InChI is InChI=1S/C28H42O7S2/c1-2-3-4-5-6-7-8-9-10-11-12-13-14-16-19-24-22-23-26(36(29,30)31)27(28(24)37(32,33)34)35-25-20-17-15-18-21-25/h15,17-18,20-23H,2-14,16,19H2,1H3,(H,29,30,31)(H,32,33,34). The molecule has 2 aromatic carbocycles. The number of para-hydroxylation sites is 1. The van der Waals surface area contributed by atoms with Crippen LogP contribution < -0.4 is 4.74 Å². The van der Waals surface area contributed by atoms with Crippen LogP contribution in [0.4, 0.5) is 0 Å². The maximum atomic E-state index is 12.3. The minimum absolute atomic E-state index is 0.172. The van der Waals surface area contributed by atoms with Crippen molar-refractivity contribution in [3.8, 4) is 11.5 Å². The van der Waals surface area contributed by atoms with Crippen LogP contribution in [0.15, 0.2) is 52.3 Å². The van der Waals surface area contributed by atoms with E-state index in [1.807, 2.05) is 0 Å². The second-order valence-corrected chi connectivity index (χ2v) is 12.3. The smallest absolute Gasteiger partial charge is 0.298 e. The fraction of sp³-hybridized carbons (Fsp3) is 0.571. The Bertz CT molecular complexity index is 1140. The number of ether oxygens (including phenoxy) is 1. The fourth-order valence-corrected chi connectivity index (χ4v) is 6.05. The van der Waals surface area contributed by atoms with Crippen LogP contribution in [0.1, 0.15) is 102 Å². The van der Waals surface area contributed by atoms with Crippen molar-refractivity contribution >= 4 is 20.2 Å². The molecule has 0 radical (unpaired) electrons. The van der Waals surface area contributed by atoms with Gasteiger partial charge in [0.25, 0.3) is 20.2 Å². The van der Waals surface area contributed by atoms with Crippen molar-refractivity contribution in [1.82, 2.24) is 0 Å². The maximum absolute atomic E-state index is 12.3. The van der Waals surface area contributed by atoms with Gasteiger partial charge in [0, 0.05) is 0 Å². The highest BCUT2D eigenvalue weighted by molar-refractivity contribution is 7.87. The van der Waals surface area contributed by atoms with Gasteiger partial charge in [-0.1, -0.05) is 115 Å². The lowest BCUT2D eigenvalue weighted by atomic mass is 10.0. The summed E-state index contributed by atoms with van der Waals surface area (Å²) < 4.78 is 73.6. The zero-order valence-corrected chi connectivity index (χ0v) is 23.5. The highest BCUT2D eigenvalue weighted by Gasteiger charge is 2.29. The van der Waals surface area contributed by atoms with E-state index in [0.717, 1.165) is 25.3 Å². The first-order valence-electron chi connectivity index (χ1n) is 13.5. The monoisotopic (exact) mass is 554 g/mol. The molecule has 0 bridgehead atoms. The predicted octanol–water partition coefficient (Wildman–Crippen LogP) is 8.00. The van der Waals surface area contributed by atoms with Crippen LogP contribution in [0.25, 0.3) is 0 Å². The summed E-state index contributed by atoms with van der Waals surface area (Å²) in [5, 5.41) is 0.